The summed E-state index contributed by atoms with van der Waals surface area (Å²) >= 11 is 0. The van der Waals surface area contributed by atoms with E-state index in [1.165, 1.54) is 12.8 Å². The Morgan fingerprint density at radius 3 is 2.83 bits per heavy atom. The number of carbonyl (C=O) groups excluding carboxylic acids is 1. The first-order chi connectivity index (χ1) is 11.8. The van der Waals surface area contributed by atoms with E-state index in [0.717, 1.165) is 12.8 Å². The molecule has 3 N–H and O–H groups in total. The van der Waals surface area contributed by atoms with E-state index in [1.807, 2.05) is 0 Å². The molecule has 0 spiro atoms. The van der Waals surface area contributed by atoms with E-state index in [1.54, 1.807) is 30.7 Å². The van der Waals surface area contributed by atoms with Crippen molar-refractivity contribution in [2.75, 3.05) is 5.32 Å². The Morgan fingerprint density at radius 1 is 1.17 bits per heavy atom. The molecular weight excluding hydrogens is 306 g/mol. The average Bonchev–Trinajstić information content (AvgIpc) is 3.27. The number of nitrogens with zero attached hydrogens (tertiary/aromatic N) is 4. The van der Waals surface area contributed by atoms with Gasteiger partial charge >= 0.3 is 6.03 Å². The minimum atomic E-state index is -0.233. The molecule has 0 saturated heterocycles. The van der Waals surface area contributed by atoms with Crippen LogP contribution in [0.2, 0.25) is 0 Å². The van der Waals surface area contributed by atoms with E-state index < -0.39 is 0 Å². The van der Waals surface area contributed by atoms with Gasteiger partial charge in [0, 0.05) is 18.4 Å². The number of amides is 2. The summed E-state index contributed by atoms with van der Waals surface area (Å²) in [4.78, 5) is 32.3. The summed E-state index contributed by atoms with van der Waals surface area (Å²) in [5, 5.41) is 5.73. The van der Waals surface area contributed by atoms with Crippen LogP contribution in [0.5, 0.6) is 0 Å². The predicted molar refractivity (Wildman–Crippen MR) is 89.3 cm³/mol. The van der Waals surface area contributed by atoms with Gasteiger partial charge < -0.3 is 10.3 Å². The predicted octanol–water partition coefficient (Wildman–Crippen LogP) is 2.48. The molecule has 2 amide bonds. The zero-order chi connectivity index (χ0) is 16.4. The smallest absolute Gasteiger partial charge is 0.320 e. The van der Waals surface area contributed by atoms with Crippen molar-refractivity contribution in [3.63, 3.8) is 0 Å². The lowest BCUT2D eigenvalue weighted by Gasteiger charge is -2.12. The standard InChI is InChI=1S/C16H17N7O/c24-16(20-10-3-1-2-4-10)23-13-6-5-11-15(22-13)21-12(9-19-11)14-17-7-8-18-14/h5-10H,1-4H2,(H,17,18)(H2,20,21,22,23,24). The minimum Gasteiger partial charge on any atom is -0.343 e. The number of carbonyl (C=O) groups is 1. The molecular formula is C16H17N7O. The Balaban J connectivity index is 1.54. The summed E-state index contributed by atoms with van der Waals surface area (Å²) in [7, 11) is 0. The van der Waals surface area contributed by atoms with Gasteiger partial charge in [-0.25, -0.2) is 19.7 Å². The molecule has 1 saturated carbocycles. The van der Waals surface area contributed by atoms with Gasteiger partial charge in [-0.1, -0.05) is 12.8 Å². The van der Waals surface area contributed by atoms with Crippen LogP contribution < -0.4 is 10.6 Å². The van der Waals surface area contributed by atoms with E-state index in [9.17, 15) is 4.79 Å². The zero-order valence-corrected chi connectivity index (χ0v) is 13.0. The molecule has 4 rings (SSSR count). The molecule has 0 aliphatic heterocycles. The number of nitrogens with one attached hydrogen (secondary N) is 3. The average molecular weight is 323 g/mol. The lowest BCUT2D eigenvalue weighted by molar-refractivity contribution is 0.248. The van der Waals surface area contributed by atoms with Crippen molar-refractivity contribution in [3.8, 4) is 11.5 Å². The Morgan fingerprint density at radius 2 is 2.04 bits per heavy atom. The summed E-state index contributed by atoms with van der Waals surface area (Å²) in [6, 6.07) is 3.53. The van der Waals surface area contributed by atoms with Gasteiger partial charge in [0.25, 0.3) is 0 Å². The topological polar surface area (TPSA) is 108 Å². The zero-order valence-electron chi connectivity index (χ0n) is 13.0. The number of pyridine rings is 1. The third kappa shape index (κ3) is 3.03. The maximum absolute atomic E-state index is 12.0. The number of aromatic amines is 1. The minimum absolute atomic E-state index is 0.233. The van der Waals surface area contributed by atoms with Crippen LogP contribution in [0.25, 0.3) is 22.7 Å². The molecule has 1 aliphatic rings. The maximum atomic E-state index is 12.0. The number of fused-ring (bicyclic) bond motifs is 1. The number of imidazole rings is 1. The van der Waals surface area contributed by atoms with Crippen LogP contribution in [0.4, 0.5) is 10.6 Å². The van der Waals surface area contributed by atoms with E-state index >= 15 is 0 Å². The van der Waals surface area contributed by atoms with Crippen LogP contribution in [-0.4, -0.2) is 37.0 Å². The Hall–Kier alpha value is -3.03. The van der Waals surface area contributed by atoms with E-state index in [0.29, 0.717) is 28.5 Å². The van der Waals surface area contributed by atoms with Crippen molar-refractivity contribution in [2.45, 2.75) is 31.7 Å². The van der Waals surface area contributed by atoms with Crippen molar-refractivity contribution >= 4 is 23.0 Å². The van der Waals surface area contributed by atoms with Crippen molar-refractivity contribution in [3.05, 3.63) is 30.7 Å². The number of aromatic nitrogens is 5. The summed E-state index contributed by atoms with van der Waals surface area (Å²) in [6.45, 7) is 0. The molecule has 3 heterocycles. The second kappa shape index (κ2) is 6.23. The van der Waals surface area contributed by atoms with Gasteiger partial charge in [0.05, 0.1) is 6.20 Å². The molecule has 1 aliphatic carbocycles. The Labute approximate surface area is 138 Å². The number of hydrogen-bond donors (Lipinski definition) is 3. The van der Waals surface area contributed by atoms with Gasteiger partial charge in [0.15, 0.2) is 11.5 Å². The first-order valence-corrected chi connectivity index (χ1v) is 7.99. The molecule has 0 aromatic carbocycles. The Kier molecular flexibility index (Phi) is 3.78. The number of rotatable bonds is 3. The number of hydrogen-bond acceptors (Lipinski definition) is 5. The summed E-state index contributed by atoms with van der Waals surface area (Å²) < 4.78 is 0. The van der Waals surface area contributed by atoms with Crippen LogP contribution in [0.15, 0.2) is 30.7 Å². The van der Waals surface area contributed by atoms with E-state index in [-0.39, 0.29) is 12.1 Å². The summed E-state index contributed by atoms with van der Waals surface area (Å²) in [5.74, 6) is 1.08. The van der Waals surface area contributed by atoms with Crippen LogP contribution in [-0.2, 0) is 0 Å². The molecule has 0 atom stereocenters. The molecule has 122 valence electrons. The third-order valence-corrected chi connectivity index (χ3v) is 4.08. The summed E-state index contributed by atoms with van der Waals surface area (Å²) in [5.41, 5.74) is 1.72. The quantitative estimate of drug-likeness (QED) is 0.686. The van der Waals surface area contributed by atoms with Gasteiger partial charge in [0.2, 0.25) is 0 Å². The molecule has 8 nitrogen and oxygen atoms in total. The molecule has 0 radical (unpaired) electrons. The fourth-order valence-corrected chi connectivity index (χ4v) is 2.89. The molecule has 1 fully saturated rings. The van der Waals surface area contributed by atoms with Crippen molar-refractivity contribution in [2.24, 2.45) is 0 Å². The highest BCUT2D eigenvalue weighted by molar-refractivity contribution is 5.89. The van der Waals surface area contributed by atoms with Gasteiger partial charge in [0.1, 0.15) is 17.0 Å². The maximum Gasteiger partial charge on any atom is 0.320 e. The number of H-pyrrole nitrogens is 1. The monoisotopic (exact) mass is 323 g/mol. The van der Waals surface area contributed by atoms with Gasteiger partial charge in [-0.3, -0.25) is 10.3 Å². The highest BCUT2D eigenvalue weighted by Crippen LogP contribution is 2.18. The van der Waals surface area contributed by atoms with Crippen LogP contribution in [0.1, 0.15) is 25.7 Å². The highest BCUT2D eigenvalue weighted by Gasteiger charge is 2.17. The number of anilines is 1. The highest BCUT2D eigenvalue weighted by atomic mass is 16.2. The lowest BCUT2D eigenvalue weighted by atomic mass is 10.2. The molecule has 0 unspecified atom stereocenters. The Bertz CT molecular complexity index is 856. The van der Waals surface area contributed by atoms with Gasteiger partial charge in [-0.15, -0.1) is 0 Å². The largest absolute Gasteiger partial charge is 0.343 e. The molecule has 0 bridgehead atoms. The normalized spacial score (nSPS) is 14.8. The SMILES string of the molecule is O=C(Nc1ccc2ncc(-c3ncc[nH]3)nc2n1)NC1CCCC1. The first-order valence-electron chi connectivity index (χ1n) is 7.99. The first kappa shape index (κ1) is 14.6. The van der Waals surface area contributed by atoms with E-state index in [2.05, 4.69) is 35.6 Å². The van der Waals surface area contributed by atoms with Crippen molar-refractivity contribution in [1.82, 2.24) is 30.2 Å². The molecule has 3 aromatic rings. The van der Waals surface area contributed by atoms with Gasteiger partial charge in [-0.05, 0) is 25.0 Å². The summed E-state index contributed by atoms with van der Waals surface area (Å²) in [6.07, 6.45) is 9.43. The lowest BCUT2D eigenvalue weighted by Crippen LogP contribution is -2.36. The number of urea groups is 1. The van der Waals surface area contributed by atoms with Crippen LogP contribution in [0.3, 0.4) is 0 Å². The second-order valence-electron chi connectivity index (χ2n) is 5.81. The van der Waals surface area contributed by atoms with Crippen LogP contribution >= 0.6 is 0 Å². The van der Waals surface area contributed by atoms with Crippen molar-refractivity contribution in [1.29, 1.82) is 0 Å². The third-order valence-electron chi connectivity index (χ3n) is 4.08. The van der Waals surface area contributed by atoms with Crippen LogP contribution in [0, 0.1) is 0 Å². The molecule has 3 aromatic heterocycles. The molecule has 24 heavy (non-hydrogen) atoms. The fourth-order valence-electron chi connectivity index (χ4n) is 2.89. The van der Waals surface area contributed by atoms with Gasteiger partial charge in [-0.2, -0.15) is 0 Å². The fraction of sp³-hybridized carbons (Fsp3) is 0.312. The molecule has 8 heteroatoms. The second-order valence-corrected chi connectivity index (χ2v) is 5.81. The van der Waals surface area contributed by atoms with E-state index in [4.69, 9.17) is 0 Å². The van der Waals surface area contributed by atoms with Crippen molar-refractivity contribution < 1.29 is 4.79 Å².